The number of hydrogen-bond donors (Lipinski definition) is 1. The van der Waals surface area contributed by atoms with Crippen LogP contribution in [0.15, 0.2) is 46.9 Å². The van der Waals surface area contributed by atoms with Gasteiger partial charge in [0.15, 0.2) is 6.61 Å². The zero-order valence-electron chi connectivity index (χ0n) is 20.2. The van der Waals surface area contributed by atoms with E-state index in [4.69, 9.17) is 4.74 Å². The number of nitrogens with one attached hydrogen (secondary N) is 1. The van der Waals surface area contributed by atoms with E-state index in [1.165, 1.54) is 5.56 Å². The second-order valence-electron chi connectivity index (χ2n) is 9.53. The van der Waals surface area contributed by atoms with Gasteiger partial charge in [-0.1, -0.05) is 56.7 Å². The van der Waals surface area contributed by atoms with Crippen molar-refractivity contribution in [3.05, 3.63) is 63.6 Å². The Kier molecular flexibility index (Phi) is 8.90. The zero-order chi connectivity index (χ0) is 24.1. The third-order valence-electron chi connectivity index (χ3n) is 5.18. The Hall–Kier alpha value is -2.34. The van der Waals surface area contributed by atoms with Crippen molar-refractivity contribution < 1.29 is 14.3 Å². The Morgan fingerprint density at radius 2 is 1.78 bits per heavy atom. The molecule has 1 unspecified atom stereocenters. The molecule has 0 radical (unpaired) electrons. The van der Waals surface area contributed by atoms with Crippen LogP contribution >= 0.6 is 15.9 Å². The molecule has 0 fully saturated rings. The first kappa shape index (κ1) is 25.9. The molecule has 0 saturated carbocycles. The maximum atomic E-state index is 13.2. The van der Waals surface area contributed by atoms with Crippen LogP contribution in [0.2, 0.25) is 0 Å². The van der Waals surface area contributed by atoms with E-state index in [2.05, 4.69) is 42.0 Å². The summed E-state index contributed by atoms with van der Waals surface area (Å²) in [6, 6.07) is 13.2. The first-order chi connectivity index (χ1) is 14.9. The number of aryl methyl sites for hydroxylation is 1. The van der Waals surface area contributed by atoms with Gasteiger partial charge in [-0.3, -0.25) is 9.59 Å². The maximum Gasteiger partial charge on any atom is 0.261 e. The summed E-state index contributed by atoms with van der Waals surface area (Å²) in [5.41, 5.74) is 3.26. The molecule has 6 heteroatoms. The van der Waals surface area contributed by atoms with Crippen molar-refractivity contribution in [1.29, 1.82) is 0 Å². The summed E-state index contributed by atoms with van der Waals surface area (Å²) in [7, 11) is 0. The van der Waals surface area contributed by atoms with Crippen LogP contribution in [-0.2, 0) is 21.5 Å². The fourth-order valence-corrected chi connectivity index (χ4v) is 3.80. The van der Waals surface area contributed by atoms with Crippen LogP contribution in [0, 0.1) is 6.92 Å². The summed E-state index contributed by atoms with van der Waals surface area (Å²) in [6.07, 6.45) is 0. The molecule has 0 aliphatic heterocycles. The first-order valence-corrected chi connectivity index (χ1v) is 11.8. The molecule has 0 aliphatic carbocycles. The number of carbonyl (C=O) groups excluding carboxylic acids is 2. The highest BCUT2D eigenvalue weighted by Gasteiger charge is 2.27. The van der Waals surface area contributed by atoms with Gasteiger partial charge in [-0.2, -0.15) is 0 Å². The summed E-state index contributed by atoms with van der Waals surface area (Å²) in [4.78, 5) is 27.4. The molecule has 0 spiro atoms. The molecule has 2 aromatic carbocycles. The van der Waals surface area contributed by atoms with E-state index in [1.807, 2.05) is 63.2 Å². The number of benzene rings is 2. The molecular weight excluding hydrogens is 468 g/mol. The van der Waals surface area contributed by atoms with Crippen molar-refractivity contribution in [2.75, 3.05) is 6.61 Å². The monoisotopic (exact) mass is 502 g/mol. The highest BCUT2D eigenvalue weighted by molar-refractivity contribution is 9.10. The number of amides is 2. The number of rotatable bonds is 8. The molecular formula is C26H35BrN2O3. The molecule has 0 saturated heterocycles. The van der Waals surface area contributed by atoms with Gasteiger partial charge < -0.3 is 15.0 Å². The molecule has 0 aromatic heterocycles. The summed E-state index contributed by atoms with van der Waals surface area (Å²) in [5.74, 6) is 0.169. The second kappa shape index (κ2) is 11.0. The minimum absolute atomic E-state index is 0.00518. The first-order valence-electron chi connectivity index (χ1n) is 11.0. The molecule has 2 rings (SSSR count). The van der Waals surface area contributed by atoms with Crippen molar-refractivity contribution in [2.45, 2.75) is 72.5 Å². The van der Waals surface area contributed by atoms with E-state index in [1.54, 1.807) is 11.8 Å². The molecule has 5 nitrogen and oxygen atoms in total. The van der Waals surface area contributed by atoms with E-state index in [9.17, 15) is 9.59 Å². The van der Waals surface area contributed by atoms with Gasteiger partial charge in [-0.05, 0) is 72.3 Å². The van der Waals surface area contributed by atoms with Crippen molar-refractivity contribution in [3.63, 3.8) is 0 Å². The van der Waals surface area contributed by atoms with Gasteiger partial charge in [0.05, 0.1) is 4.47 Å². The Labute approximate surface area is 200 Å². The quantitative estimate of drug-likeness (QED) is 0.527. The normalized spacial score (nSPS) is 12.4. The SMILES string of the molecule is Cc1cccc(CN(C(=O)COc2ccc(C(C)(C)C)cc2Br)C(C)C(=O)NC(C)C)c1. The minimum Gasteiger partial charge on any atom is -0.483 e. The van der Waals surface area contributed by atoms with Crippen molar-refractivity contribution in [3.8, 4) is 5.75 Å². The number of carbonyl (C=O) groups is 2. The molecule has 174 valence electrons. The lowest BCUT2D eigenvalue weighted by atomic mass is 9.87. The topological polar surface area (TPSA) is 58.6 Å². The second-order valence-corrected chi connectivity index (χ2v) is 10.4. The predicted molar refractivity (Wildman–Crippen MR) is 133 cm³/mol. The van der Waals surface area contributed by atoms with Crippen LogP contribution in [0.4, 0.5) is 0 Å². The van der Waals surface area contributed by atoms with E-state index >= 15 is 0 Å². The van der Waals surface area contributed by atoms with Crippen molar-refractivity contribution in [2.24, 2.45) is 0 Å². The maximum absolute atomic E-state index is 13.2. The summed E-state index contributed by atoms with van der Waals surface area (Å²) in [5, 5.41) is 2.90. The molecule has 1 atom stereocenters. The third-order valence-corrected chi connectivity index (χ3v) is 5.80. The highest BCUT2D eigenvalue weighted by Crippen LogP contribution is 2.31. The Bertz CT molecular complexity index is 950. The molecule has 0 bridgehead atoms. The van der Waals surface area contributed by atoms with Crippen LogP contribution in [0.5, 0.6) is 5.75 Å². The van der Waals surface area contributed by atoms with E-state index in [0.29, 0.717) is 12.3 Å². The van der Waals surface area contributed by atoms with Gasteiger partial charge in [0.25, 0.3) is 5.91 Å². The zero-order valence-corrected chi connectivity index (χ0v) is 21.7. The molecule has 2 amide bonds. The lowest BCUT2D eigenvalue weighted by molar-refractivity contribution is -0.142. The molecule has 2 aromatic rings. The lowest BCUT2D eigenvalue weighted by Gasteiger charge is -2.29. The Morgan fingerprint density at radius 1 is 1.09 bits per heavy atom. The van der Waals surface area contributed by atoms with Crippen LogP contribution in [0.1, 0.15) is 58.2 Å². The number of nitrogens with zero attached hydrogens (tertiary/aromatic N) is 1. The molecule has 32 heavy (non-hydrogen) atoms. The van der Waals surface area contributed by atoms with Crippen LogP contribution in [-0.4, -0.2) is 35.4 Å². The molecule has 0 heterocycles. The fraction of sp³-hybridized carbons (Fsp3) is 0.462. The van der Waals surface area contributed by atoms with Gasteiger partial charge in [0.2, 0.25) is 5.91 Å². The molecule has 1 N–H and O–H groups in total. The van der Waals surface area contributed by atoms with Gasteiger partial charge in [-0.15, -0.1) is 0 Å². The Morgan fingerprint density at radius 3 is 2.34 bits per heavy atom. The smallest absolute Gasteiger partial charge is 0.261 e. The van der Waals surface area contributed by atoms with Crippen LogP contribution in [0.25, 0.3) is 0 Å². The third kappa shape index (κ3) is 7.37. The van der Waals surface area contributed by atoms with E-state index in [-0.39, 0.29) is 29.9 Å². The summed E-state index contributed by atoms with van der Waals surface area (Å²) >= 11 is 3.55. The van der Waals surface area contributed by atoms with Crippen LogP contribution in [0.3, 0.4) is 0 Å². The average Bonchev–Trinajstić information content (AvgIpc) is 2.69. The van der Waals surface area contributed by atoms with Gasteiger partial charge in [0.1, 0.15) is 11.8 Å². The summed E-state index contributed by atoms with van der Waals surface area (Å²) < 4.78 is 6.65. The van der Waals surface area contributed by atoms with Crippen molar-refractivity contribution >= 4 is 27.7 Å². The lowest BCUT2D eigenvalue weighted by Crippen LogP contribution is -2.50. The Balaban J connectivity index is 2.19. The number of ether oxygens (including phenoxy) is 1. The number of hydrogen-bond acceptors (Lipinski definition) is 3. The van der Waals surface area contributed by atoms with Crippen molar-refractivity contribution in [1.82, 2.24) is 10.2 Å². The van der Waals surface area contributed by atoms with Gasteiger partial charge in [0, 0.05) is 12.6 Å². The van der Waals surface area contributed by atoms with Gasteiger partial charge in [-0.25, -0.2) is 0 Å². The van der Waals surface area contributed by atoms with E-state index in [0.717, 1.165) is 15.6 Å². The average molecular weight is 503 g/mol. The number of halogens is 1. The largest absolute Gasteiger partial charge is 0.483 e. The van der Waals surface area contributed by atoms with Crippen LogP contribution < -0.4 is 10.1 Å². The van der Waals surface area contributed by atoms with E-state index < -0.39 is 6.04 Å². The highest BCUT2D eigenvalue weighted by atomic mass is 79.9. The standard InChI is InChI=1S/C26H35BrN2O3/c1-17(2)28-25(31)19(4)29(15-20-10-8-9-18(3)13-20)24(30)16-32-23-12-11-21(14-22(23)27)26(5,6)7/h8-14,17,19H,15-16H2,1-7H3,(H,28,31). The minimum atomic E-state index is -0.624. The summed E-state index contributed by atoms with van der Waals surface area (Å²) in [6.45, 7) is 14.2. The fourth-order valence-electron chi connectivity index (χ4n) is 3.30. The van der Waals surface area contributed by atoms with Gasteiger partial charge >= 0.3 is 0 Å². The molecule has 0 aliphatic rings. The predicted octanol–water partition coefficient (Wildman–Crippen LogP) is 5.38.